The Bertz CT molecular complexity index is 976. The molecule has 2 aromatic rings. The molecule has 0 radical (unpaired) electrons. The first-order chi connectivity index (χ1) is 15.2. The summed E-state index contributed by atoms with van der Waals surface area (Å²) >= 11 is 0. The molecule has 0 spiro atoms. The van der Waals surface area contributed by atoms with Crippen LogP contribution in [0.1, 0.15) is 49.5 Å². The van der Waals surface area contributed by atoms with Crippen LogP contribution in [-0.4, -0.2) is 49.1 Å². The quantitative estimate of drug-likeness (QED) is 0.671. The van der Waals surface area contributed by atoms with E-state index in [2.05, 4.69) is 52.0 Å². The van der Waals surface area contributed by atoms with Gasteiger partial charge in [0.05, 0.1) is 11.1 Å². The fourth-order valence-corrected chi connectivity index (χ4v) is 5.15. The second-order valence-corrected chi connectivity index (χ2v) is 9.91. The number of benzene rings is 2. The van der Waals surface area contributed by atoms with Crippen molar-refractivity contribution in [2.24, 2.45) is 5.92 Å². The standard InChI is InChI=1S/C26H34N4O2/c1-25(2,28-24(32)29-26(3)17-30-15-13-22(26)14-16-30)21-11-9-19(10-12-21)18-5-7-20(8-6-18)23(31)27-4/h5-12,22H,13-17H2,1-4H3,(H,27,31)(H2,28,29,32). The molecule has 1 unspecified atom stereocenters. The number of nitrogens with one attached hydrogen (secondary N) is 3. The number of piperidine rings is 3. The molecule has 3 amide bonds. The van der Waals surface area contributed by atoms with Gasteiger partial charge in [-0.3, -0.25) is 4.79 Å². The Labute approximate surface area is 190 Å². The van der Waals surface area contributed by atoms with E-state index in [0.717, 1.165) is 49.2 Å². The summed E-state index contributed by atoms with van der Waals surface area (Å²) < 4.78 is 0. The van der Waals surface area contributed by atoms with Crippen molar-refractivity contribution < 1.29 is 9.59 Å². The van der Waals surface area contributed by atoms with Crippen LogP contribution in [0.4, 0.5) is 4.79 Å². The Morgan fingerprint density at radius 3 is 2.03 bits per heavy atom. The number of hydrogen-bond donors (Lipinski definition) is 3. The van der Waals surface area contributed by atoms with E-state index in [1.165, 1.54) is 0 Å². The van der Waals surface area contributed by atoms with Gasteiger partial charge in [0.1, 0.15) is 0 Å². The summed E-state index contributed by atoms with van der Waals surface area (Å²) in [5.74, 6) is 0.459. The number of nitrogens with zero attached hydrogens (tertiary/aromatic N) is 1. The van der Waals surface area contributed by atoms with E-state index in [1.54, 1.807) is 7.05 Å². The highest BCUT2D eigenvalue weighted by atomic mass is 16.2. The molecule has 3 heterocycles. The molecule has 6 heteroatoms. The Hall–Kier alpha value is -2.86. The maximum atomic E-state index is 12.9. The molecule has 170 valence electrons. The van der Waals surface area contributed by atoms with Crippen molar-refractivity contribution in [3.8, 4) is 11.1 Å². The van der Waals surface area contributed by atoms with Gasteiger partial charge in [0.15, 0.2) is 0 Å². The highest BCUT2D eigenvalue weighted by molar-refractivity contribution is 5.94. The first-order valence-corrected chi connectivity index (χ1v) is 11.5. The topological polar surface area (TPSA) is 73.5 Å². The van der Waals surface area contributed by atoms with Crippen LogP contribution in [0.15, 0.2) is 48.5 Å². The second kappa shape index (κ2) is 8.58. The Kier molecular flexibility index (Phi) is 5.99. The summed E-state index contributed by atoms with van der Waals surface area (Å²) in [4.78, 5) is 27.1. The zero-order valence-corrected chi connectivity index (χ0v) is 19.5. The number of carbonyl (C=O) groups is 2. The SMILES string of the molecule is CNC(=O)c1ccc(-c2ccc(C(C)(C)NC(=O)NC3(C)CN4CCC3CC4)cc2)cc1. The molecule has 3 aliphatic heterocycles. The number of rotatable bonds is 5. The fraction of sp³-hybridized carbons (Fsp3) is 0.462. The van der Waals surface area contributed by atoms with Crippen molar-refractivity contribution in [2.75, 3.05) is 26.7 Å². The minimum absolute atomic E-state index is 0.0925. The summed E-state index contributed by atoms with van der Waals surface area (Å²) in [6.45, 7) is 9.46. The molecular formula is C26H34N4O2. The highest BCUT2D eigenvalue weighted by Gasteiger charge is 2.44. The largest absolute Gasteiger partial charge is 0.355 e. The normalized spacial score (nSPS) is 24.6. The molecule has 6 nitrogen and oxygen atoms in total. The third kappa shape index (κ3) is 4.51. The lowest BCUT2D eigenvalue weighted by Gasteiger charge is -2.52. The molecule has 2 aromatic carbocycles. The van der Waals surface area contributed by atoms with Crippen LogP contribution >= 0.6 is 0 Å². The molecule has 5 rings (SSSR count). The molecule has 0 aliphatic carbocycles. The summed E-state index contributed by atoms with van der Waals surface area (Å²) in [5.41, 5.74) is 3.12. The van der Waals surface area contributed by atoms with E-state index in [9.17, 15) is 9.59 Å². The maximum absolute atomic E-state index is 12.9. The molecule has 3 saturated heterocycles. The van der Waals surface area contributed by atoms with Crippen LogP contribution in [0, 0.1) is 5.92 Å². The first-order valence-electron chi connectivity index (χ1n) is 11.5. The third-order valence-corrected chi connectivity index (χ3v) is 7.18. The van der Waals surface area contributed by atoms with E-state index < -0.39 is 5.54 Å². The van der Waals surface area contributed by atoms with Crippen molar-refractivity contribution >= 4 is 11.9 Å². The van der Waals surface area contributed by atoms with Gasteiger partial charge in [-0.05, 0) is 81.4 Å². The molecule has 1 atom stereocenters. The average molecular weight is 435 g/mol. The van der Waals surface area contributed by atoms with Gasteiger partial charge in [-0.2, -0.15) is 0 Å². The fourth-order valence-electron chi connectivity index (χ4n) is 5.15. The van der Waals surface area contributed by atoms with Crippen LogP contribution in [0.2, 0.25) is 0 Å². The minimum Gasteiger partial charge on any atom is -0.355 e. The van der Waals surface area contributed by atoms with E-state index in [0.29, 0.717) is 11.5 Å². The van der Waals surface area contributed by atoms with Gasteiger partial charge < -0.3 is 20.9 Å². The van der Waals surface area contributed by atoms with Crippen molar-refractivity contribution in [1.82, 2.24) is 20.9 Å². The Morgan fingerprint density at radius 2 is 1.53 bits per heavy atom. The van der Waals surface area contributed by atoms with Gasteiger partial charge in [-0.15, -0.1) is 0 Å². The molecular weight excluding hydrogens is 400 g/mol. The highest BCUT2D eigenvalue weighted by Crippen LogP contribution is 2.35. The minimum atomic E-state index is -0.504. The monoisotopic (exact) mass is 434 g/mol. The van der Waals surface area contributed by atoms with E-state index >= 15 is 0 Å². The van der Waals surface area contributed by atoms with Crippen LogP contribution in [-0.2, 0) is 5.54 Å². The number of hydrogen-bond acceptors (Lipinski definition) is 3. The number of fused-ring (bicyclic) bond motifs is 3. The second-order valence-electron chi connectivity index (χ2n) is 9.91. The van der Waals surface area contributed by atoms with Crippen LogP contribution < -0.4 is 16.0 Å². The lowest BCUT2D eigenvalue weighted by molar-refractivity contribution is 0.0224. The number of carbonyl (C=O) groups excluding carboxylic acids is 2. The summed E-state index contributed by atoms with van der Waals surface area (Å²) in [6.07, 6.45) is 2.32. The van der Waals surface area contributed by atoms with Gasteiger partial charge in [0, 0.05) is 19.2 Å². The average Bonchev–Trinajstić information content (AvgIpc) is 2.78. The molecule has 0 saturated carbocycles. The molecule has 3 fully saturated rings. The third-order valence-electron chi connectivity index (χ3n) is 7.18. The van der Waals surface area contributed by atoms with Crippen molar-refractivity contribution in [2.45, 2.75) is 44.7 Å². The zero-order chi connectivity index (χ0) is 22.9. The number of amides is 3. The number of urea groups is 1. The van der Waals surface area contributed by atoms with E-state index in [4.69, 9.17) is 0 Å². The van der Waals surface area contributed by atoms with Gasteiger partial charge in [0.25, 0.3) is 5.91 Å². The molecule has 2 bridgehead atoms. The van der Waals surface area contributed by atoms with Crippen molar-refractivity contribution in [3.05, 3.63) is 59.7 Å². The van der Waals surface area contributed by atoms with E-state index in [-0.39, 0.29) is 17.5 Å². The molecule has 0 aromatic heterocycles. The van der Waals surface area contributed by atoms with Gasteiger partial charge in [-0.1, -0.05) is 36.4 Å². The molecule has 3 aliphatic rings. The Balaban J connectivity index is 1.41. The maximum Gasteiger partial charge on any atom is 0.315 e. The summed E-state index contributed by atoms with van der Waals surface area (Å²) in [6, 6.07) is 15.7. The predicted octanol–water partition coefficient (Wildman–Crippen LogP) is 3.73. The van der Waals surface area contributed by atoms with Crippen molar-refractivity contribution in [1.29, 1.82) is 0 Å². The van der Waals surface area contributed by atoms with Gasteiger partial charge >= 0.3 is 6.03 Å². The van der Waals surface area contributed by atoms with Crippen LogP contribution in [0.25, 0.3) is 11.1 Å². The first kappa shape index (κ1) is 22.3. The predicted molar refractivity (Wildman–Crippen MR) is 128 cm³/mol. The lowest BCUT2D eigenvalue weighted by atomic mass is 9.74. The smallest absolute Gasteiger partial charge is 0.315 e. The van der Waals surface area contributed by atoms with Crippen LogP contribution in [0.5, 0.6) is 0 Å². The summed E-state index contributed by atoms with van der Waals surface area (Å²) in [5, 5.41) is 9.10. The van der Waals surface area contributed by atoms with E-state index in [1.807, 2.05) is 38.1 Å². The Morgan fingerprint density at radius 1 is 0.969 bits per heavy atom. The van der Waals surface area contributed by atoms with Crippen LogP contribution in [0.3, 0.4) is 0 Å². The summed E-state index contributed by atoms with van der Waals surface area (Å²) in [7, 11) is 1.63. The van der Waals surface area contributed by atoms with Crippen molar-refractivity contribution in [3.63, 3.8) is 0 Å². The van der Waals surface area contributed by atoms with Gasteiger partial charge in [0.2, 0.25) is 0 Å². The molecule has 3 N–H and O–H groups in total. The lowest BCUT2D eigenvalue weighted by Crippen LogP contribution is -2.67. The zero-order valence-electron chi connectivity index (χ0n) is 19.5. The molecule has 32 heavy (non-hydrogen) atoms. The van der Waals surface area contributed by atoms with Gasteiger partial charge in [-0.25, -0.2) is 4.79 Å².